The summed E-state index contributed by atoms with van der Waals surface area (Å²) in [7, 11) is -2.97. The lowest BCUT2D eigenvalue weighted by Crippen LogP contribution is -2.13. The van der Waals surface area contributed by atoms with E-state index in [9.17, 15) is 13.2 Å². The maximum Gasteiger partial charge on any atom is 0.255 e. The number of benzene rings is 3. The van der Waals surface area contributed by atoms with Gasteiger partial charge in [-0.3, -0.25) is 9.79 Å². The number of rotatable bonds is 5. The first-order valence-corrected chi connectivity index (χ1v) is 13.6. The molecule has 1 fully saturated rings. The number of amides is 1. The van der Waals surface area contributed by atoms with Crippen LogP contribution in [0.1, 0.15) is 10.4 Å². The summed E-state index contributed by atoms with van der Waals surface area (Å²) in [5, 5.41) is 7.41. The van der Waals surface area contributed by atoms with E-state index in [2.05, 4.69) is 15.6 Å². The number of sulfone groups is 1. The standard InChI is InChI=1S/C24H20ClN3O4S2/c25-16-3-9-19(10-4-16)32-20-11-7-17(8-12-20)26-23(29)15-1-5-18(6-2-15)27-24-28-21-13-34(30,31)14-22(21)33-24/h1-12,21-22H,13-14H2,(H,26,29)(H,27,28). The van der Waals surface area contributed by atoms with E-state index in [-0.39, 0.29) is 28.7 Å². The minimum atomic E-state index is -2.97. The molecule has 0 spiro atoms. The molecule has 1 saturated heterocycles. The number of nitrogens with one attached hydrogen (secondary N) is 2. The van der Waals surface area contributed by atoms with Gasteiger partial charge < -0.3 is 15.4 Å². The Balaban J connectivity index is 1.16. The van der Waals surface area contributed by atoms with Gasteiger partial charge >= 0.3 is 0 Å². The molecule has 0 saturated carbocycles. The fraction of sp³-hybridized carbons (Fsp3) is 0.167. The molecule has 10 heteroatoms. The molecule has 2 N–H and O–H groups in total. The lowest BCUT2D eigenvalue weighted by atomic mass is 10.2. The predicted octanol–water partition coefficient (Wildman–Crippen LogP) is 5.06. The molecule has 0 aliphatic carbocycles. The highest BCUT2D eigenvalue weighted by molar-refractivity contribution is 8.15. The first-order valence-electron chi connectivity index (χ1n) is 10.5. The van der Waals surface area contributed by atoms with Gasteiger partial charge in [-0.15, -0.1) is 0 Å². The van der Waals surface area contributed by atoms with Crippen LogP contribution in [0, 0.1) is 0 Å². The van der Waals surface area contributed by atoms with Crippen molar-refractivity contribution in [3.63, 3.8) is 0 Å². The monoisotopic (exact) mass is 513 g/mol. The third kappa shape index (κ3) is 5.38. The third-order valence-electron chi connectivity index (χ3n) is 5.38. The van der Waals surface area contributed by atoms with Gasteiger partial charge in [0.25, 0.3) is 5.91 Å². The Bertz CT molecular complexity index is 1340. The number of amidine groups is 1. The first kappa shape index (κ1) is 22.8. The van der Waals surface area contributed by atoms with Crippen molar-refractivity contribution in [1.29, 1.82) is 0 Å². The van der Waals surface area contributed by atoms with Gasteiger partial charge in [-0.05, 0) is 72.8 Å². The Labute approximate surface area is 206 Å². The summed E-state index contributed by atoms with van der Waals surface area (Å²) in [4.78, 5) is 17.1. The summed E-state index contributed by atoms with van der Waals surface area (Å²) in [5.41, 5.74) is 1.94. The average molecular weight is 514 g/mol. The smallest absolute Gasteiger partial charge is 0.255 e. The zero-order valence-electron chi connectivity index (χ0n) is 17.8. The van der Waals surface area contributed by atoms with Gasteiger partial charge in [-0.25, -0.2) is 8.42 Å². The Morgan fingerprint density at radius 2 is 1.53 bits per heavy atom. The van der Waals surface area contributed by atoms with E-state index < -0.39 is 9.84 Å². The normalized spacial score (nSPS) is 20.3. The summed E-state index contributed by atoms with van der Waals surface area (Å²) < 4.78 is 29.1. The maximum absolute atomic E-state index is 12.6. The van der Waals surface area contributed by atoms with Crippen LogP contribution in [0.15, 0.2) is 77.8 Å². The topological polar surface area (TPSA) is 96.9 Å². The first-order chi connectivity index (χ1) is 16.3. The molecular formula is C24H20ClN3O4S2. The molecule has 34 heavy (non-hydrogen) atoms. The number of hydrogen-bond acceptors (Lipinski definition) is 7. The van der Waals surface area contributed by atoms with E-state index in [1.807, 2.05) is 0 Å². The van der Waals surface area contributed by atoms with E-state index in [0.29, 0.717) is 32.9 Å². The summed E-state index contributed by atoms with van der Waals surface area (Å²) in [6.45, 7) is 0. The van der Waals surface area contributed by atoms with Crippen molar-refractivity contribution in [2.75, 3.05) is 22.1 Å². The van der Waals surface area contributed by atoms with Crippen molar-refractivity contribution in [3.8, 4) is 11.5 Å². The van der Waals surface area contributed by atoms with Gasteiger partial charge in [0.05, 0.1) is 17.5 Å². The fourth-order valence-electron chi connectivity index (χ4n) is 3.69. The molecule has 0 bridgehead atoms. The number of carbonyl (C=O) groups is 1. The molecule has 2 aliphatic heterocycles. The number of thioether (sulfide) groups is 1. The van der Waals surface area contributed by atoms with E-state index in [0.717, 1.165) is 5.69 Å². The molecule has 5 rings (SSSR count). The Hall–Kier alpha value is -3.01. The van der Waals surface area contributed by atoms with Gasteiger partial charge in [0, 0.05) is 27.2 Å². The zero-order chi connectivity index (χ0) is 23.7. The molecule has 1 amide bonds. The number of anilines is 2. The quantitative estimate of drug-likeness (QED) is 0.494. The van der Waals surface area contributed by atoms with Gasteiger partial charge in [0.15, 0.2) is 15.0 Å². The van der Waals surface area contributed by atoms with Gasteiger partial charge in [0.1, 0.15) is 11.5 Å². The highest BCUT2D eigenvalue weighted by atomic mass is 35.5. The van der Waals surface area contributed by atoms with E-state index >= 15 is 0 Å². The number of halogens is 1. The van der Waals surface area contributed by atoms with Gasteiger partial charge in [0.2, 0.25) is 0 Å². The zero-order valence-corrected chi connectivity index (χ0v) is 20.2. The molecule has 3 aromatic rings. The molecule has 7 nitrogen and oxygen atoms in total. The lowest BCUT2D eigenvalue weighted by Gasteiger charge is -2.10. The number of fused-ring (bicyclic) bond motifs is 1. The van der Waals surface area contributed by atoms with Crippen LogP contribution < -0.4 is 15.4 Å². The van der Waals surface area contributed by atoms with E-state index in [1.165, 1.54) is 11.8 Å². The average Bonchev–Trinajstić information content (AvgIpc) is 3.29. The van der Waals surface area contributed by atoms with Crippen LogP contribution in [-0.2, 0) is 9.84 Å². The highest BCUT2D eigenvalue weighted by Crippen LogP contribution is 2.34. The minimum Gasteiger partial charge on any atom is -0.457 e. The highest BCUT2D eigenvalue weighted by Gasteiger charge is 2.42. The van der Waals surface area contributed by atoms with Crippen LogP contribution in [0.4, 0.5) is 11.4 Å². The van der Waals surface area contributed by atoms with Gasteiger partial charge in [-0.2, -0.15) is 0 Å². The number of hydrogen-bond donors (Lipinski definition) is 2. The molecule has 2 unspecified atom stereocenters. The van der Waals surface area contributed by atoms with Crippen LogP contribution in [0.5, 0.6) is 11.5 Å². The summed E-state index contributed by atoms with van der Waals surface area (Å²) in [6, 6.07) is 21.0. The number of nitrogens with zero attached hydrogens (tertiary/aromatic N) is 1. The maximum atomic E-state index is 12.6. The van der Waals surface area contributed by atoms with E-state index in [4.69, 9.17) is 16.3 Å². The fourth-order valence-corrected chi connectivity index (χ4v) is 7.49. The Kier molecular flexibility index (Phi) is 6.24. The predicted molar refractivity (Wildman–Crippen MR) is 137 cm³/mol. The van der Waals surface area contributed by atoms with Crippen molar-refractivity contribution in [2.24, 2.45) is 4.99 Å². The molecule has 2 aliphatic rings. The molecule has 0 aromatic heterocycles. The molecule has 0 radical (unpaired) electrons. The molecular weight excluding hydrogens is 494 g/mol. The van der Waals surface area contributed by atoms with Crippen molar-refractivity contribution >= 4 is 55.6 Å². The summed E-state index contributed by atoms with van der Waals surface area (Å²) in [6.07, 6.45) is 0. The number of ether oxygens (including phenoxy) is 1. The van der Waals surface area contributed by atoms with Crippen LogP contribution >= 0.6 is 23.4 Å². The number of aliphatic imine (C=N–C) groups is 1. The second-order valence-corrected chi connectivity index (χ2v) is 11.8. The van der Waals surface area contributed by atoms with E-state index in [1.54, 1.807) is 72.8 Å². The number of carbonyl (C=O) groups excluding carboxylic acids is 1. The second kappa shape index (κ2) is 9.32. The van der Waals surface area contributed by atoms with Crippen molar-refractivity contribution in [3.05, 3.63) is 83.4 Å². The Morgan fingerprint density at radius 1 is 0.912 bits per heavy atom. The van der Waals surface area contributed by atoms with Crippen LogP contribution in [0.2, 0.25) is 5.02 Å². The van der Waals surface area contributed by atoms with Gasteiger partial charge in [-0.1, -0.05) is 23.4 Å². The van der Waals surface area contributed by atoms with Crippen molar-refractivity contribution in [1.82, 2.24) is 0 Å². The SMILES string of the molecule is O=C(Nc1ccc(Oc2ccc(Cl)cc2)cc1)c1ccc(NC2=NC3CS(=O)(=O)CC3S2)cc1. The van der Waals surface area contributed by atoms with Crippen LogP contribution in [0.3, 0.4) is 0 Å². The minimum absolute atomic E-state index is 0.0134. The third-order valence-corrected chi connectivity index (χ3v) is 8.77. The van der Waals surface area contributed by atoms with Crippen molar-refractivity contribution < 1.29 is 17.9 Å². The largest absolute Gasteiger partial charge is 0.457 e. The lowest BCUT2D eigenvalue weighted by molar-refractivity contribution is 0.102. The van der Waals surface area contributed by atoms with Crippen molar-refractivity contribution in [2.45, 2.75) is 11.3 Å². The summed E-state index contributed by atoms with van der Waals surface area (Å²) in [5.74, 6) is 1.37. The van der Waals surface area contributed by atoms with Crippen LogP contribution in [0.25, 0.3) is 0 Å². The molecule has 2 atom stereocenters. The van der Waals surface area contributed by atoms with Crippen LogP contribution in [-0.4, -0.2) is 42.3 Å². The summed E-state index contributed by atoms with van der Waals surface area (Å²) >= 11 is 7.34. The second-order valence-electron chi connectivity index (χ2n) is 7.97. The molecule has 3 aromatic carbocycles. The molecule has 174 valence electrons. The molecule has 2 heterocycles. The Morgan fingerprint density at radius 3 is 2.18 bits per heavy atom.